The maximum absolute atomic E-state index is 12.9. The summed E-state index contributed by atoms with van der Waals surface area (Å²) in [4.78, 5) is 26.5. The molecular weight excluding hydrogens is 351 g/mol. The molecule has 2 heterocycles. The Balaban J connectivity index is 1.52. The maximum atomic E-state index is 12.9. The summed E-state index contributed by atoms with van der Waals surface area (Å²) in [5.74, 6) is -0.658. The zero-order chi connectivity index (χ0) is 19.1. The van der Waals surface area contributed by atoms with Gasteiger partial charge in [0, 0.05) is 32.7 Å². The molecule has 0 bridgehead atoms. The SMILES string of the molecule is O=C(CCN(C[C@H]1CCCO1)C(=O)c1ccoc1)NCc1ccc(F)cc1. The minimum absolute atomic E-state index is 0.00290. The van der Waals surface area contributed by atoms with Gasteiger partial charge in [-0.2, -0.15) is 0 Å². The summed E-state index contributed by atoms with van der Waals surface area (Å²) < 4.78 is 23.5. The molecule has 0 aliphatic carbocycles. The van der Waals surface area contributed by atoms with Crippen LogP contribution in [0.1, 0.15) is 35.2 Å². The van der Waals surface area contributed by atoms with E-state index < -0.39 is 0 Å². The number of carbonyl (C=O) groups excluding carboxylic acids is 2. The summed E-state index contributed by atoms with van der Waals surface area (Å²) in [6, 6.07) is 7.58. The van der Waals surface area contributed by atoms with Crippen LogP contribution in [0.25, 0.3) is 0 Å². The van der Waals surface area contributed by atoms with E-state index in [2.05, 4.69) is 5.32 Å². The van der Waals surface area contributed by atoms with E-state index in [0.717, 1.165) is 18.4 Å². The summed E-state index contributed by atoms with van der Waals surface area (Å²) in [7, 11) is 0. The van der Waals surface area contributed by atoms with E-state index in [0.29, 0.717) is 31.8 Å². The second-order valence-corrected chi connectivity index (χ2v) is 6.55. The van der Waals surface area contributed by atoms with Gasteiger partial charge in [-0.15, -0.1) is 0 Å². The highest BCUT2D eigenvalue weighted by atomic mass is 19.1. The lowest BCUT2D eigenvalue weighted by atomic mass is 10.2. The summed E-state index contributed by atoms with van der Waals surface area (Å²) in [6.45, 7) is 1.77. The summed E-state index contributed by atoms with van der Waals surface area (Å²) in [5.41, 5.74) is 1.27. The van der Waals surface area contributed by atoms with Crippen LogP contribution < -0.4 is 5.32 Å². The first-order valence-electron chi connectivity index (χ1n) is 9.06. The smallest absolute Gasteiger partial charge is 0.257 e. The molecule has 0 spiro atoms. The van der Waals surface area contributed by atoms with E-state index in [4.69, 9.17) is 9.15 Å². The molecule has 0 saturated carbocycles. The van der Waals surface area contributed by atoms with Crippen LogP contribution >= 0.6 is 0 Å². The summed E-state index contributed by atoms with van der Waals surface area (Å²) in [5, 5.41) is 2.79. The minimum Gasteiger partial charge on any atom is -0.472 e. The van der Waals surface area contributed by atoms with Crippen LogP contribution in [0, 0.1) is 5.82 Å². The van der Waals surface area contributed by atoms with E-state index in [1.807, 2.05) is 0 Å². The van der Waals surface area contributed by atoms with E-state index in [9.17, 15) is 14.0 Å². The van der Waals surface area contributed by atoms with Crippen molar-refractivity contribution < 1.29 is 23.1 Å². The van der Waals surface area contributed by atoms with Gasteiger partial charge in [0.1, 0.15) is 12.1 Å². The fourth-order valence-electron chi connectivity index (χ4n) is 3.01. The first-order chi connectivity index (χ1) is 13.1. The highest BCUT2D eigenvalue weighted by molar-refractivity contribution is 5.94. The number of ether oxygens (including phenoxy) is 1. The third-order valence-corrected chi connectivity index (χ3v) is 4.52. The average molecular weight is 374 g/mol. The van der Waals surface area contributed by atoms with Crippen molar-refractivity contribution in [2.45, 2.75) is 31.9 Å². The number of carbonyl (C=O) groups is 2. The molecule has 1 aromatic heterocycles. The molecule has 1 aliphatic rings. The molecule has 1 N–H and O–H groups in total. The molecule has 144 valence electrons. The number of nitrogens with zero attached hydrogens (tertiary/aromatic N) is 1. The van der Waals surface area contributed by atoms with Gasteiger partial charge in [-0.3, -0.25) is 9.59 Å². The summed E-state index contributed by atoms with van der Waals surface area (Å²) >= 11 is 0. The number of hydrogen-bond acceptors (Lipinski definition) is 4. The molecule has 1 aromatic carbocycles. The van der Waals surface area contributed by atoms with Crippen molar-refractivity contribution >= 4 is 11.8 Å². The van der Waals surface area contributed by atoms with Crippen molar-refractivity contribution in [1.82, 2.24) is 10.2 Å². The molecule has 6 nitrogen and oxygen atoms in total. The average Bonchev–Trinajstić information content (AvgIpc) is 3.38. The van der Waals surface area contributed by atoms with Gasteiger partial charge in [-0.25, -0.2) is 4.39 Å². The first kappa shape index (κ1) is 19.1. The third kappa shape index (κ3) is 5.65. The topological polar surface area (TPSA) is 71.8 Å². The van der Waals surface area contributed by atoms with Gasteiger partial charge >= 0.3 is 0 Å². The van der Waals surface area contributed by atoms with Crippen LogP contribution in [0.2, 0.25) is 0 Å². The number of rotatable bonds is 8. The second-order valence-electron chi connectivity index (χ2n) is 6.55. The zero-order valence-electron chi connectivity index (χ0n) is 15.0. The Hall–Kier alpha value is -2.67. The molecule has 27 heavy (non-hydrogen) atoms. The van der Waals surface area contributed by atoms with Crippen LogP contribution in [0.4, 0.5) is 4.39 Å². The first-order valence-corrected chi connectivity index (χ1v) is 9.06. The van der Waals surface area contributed by atoms with Gasteiger partial charge in [0.25, 0.3) is 5.91 Å². The van der Waals surface area contributed by atoms with Gasteiger partial charge in [0.05, 0.1) is 17.9 Å². The van der Waals surface area contributed by atoms with Crippen molar-refractivity contribution in [3.63, 3.8) is 0 Å². The van der Waals surface area contributed by atoms with Crippen molar-refractivity contribution in [1.29, 1.82) is 0 Å². The van der Waals surface area contributed by atoms with Gasteiger partial charge < -0.3 is 19.4 Å². The molecule has 1 fully saturated rings. The number of benzene rings is 1. The number of nitrogens with one attached hydrogen (secondary N) is 1. The van der Waals surface area contributed by atoms with Gasteiger partial charge in [-0.1, -0.05) is 12.1 Å². The molecule has 0 radical (unpaired) electrons. The van der Waals surface area contributed by atoms with Crippen LogP contribution in [-0.2, 0) is 16.1 Å². The maximum Gasteiger partial charge on any atom is 0.257 e. The Morgan fingerprint density at radius 2 is 2.04 bits per heavy atom. The summed E-state index contributed by atoms with van der Waals surface area (Å²) in [6.07, 6.45) is 4.93. The zero-order valence-corrected chi connectivity index (χ0v) is 15.0. The van der Waals surface area contributed by atoms with Crippen molar-refractivity contribution in [3.05, 3.63) is 59.8 Å². The van der Waals surface area contributed by atoms with E-state index in [-0.39, 0.29) is 30.2 Å². The molecule has 7 heteroatoms. The second kappa shape index (κ2) is 9.32. The number of hydrogen-bond donors (Lipinski definition) is 1. The normalized spacial score (nSPS) is 16.3. The monoisotopic (exact) mass is 374 g/mol. The van der Waals surface area contributed by atoms with Crippen molar-refractivity contribution in [2.24, 2.45) is 0 Å². The van der Waals surface area contributed by atoms with Crippen LogP contribution in [-0.4, -0.2) is 42.5 Å². The quantitative estimate of drug-likeness (QED) is 0.771. The molecule has 0 unspecified atom stereocenters. The Morgan fingerprint density at radius 3 is 2.70 bits per heavy atom. The van der Waals surface area contributed by atoms with Crippen molar-refractivity contribution in [3.8, 4) is 0 Å². The van der Waals surface area contributed by atoms with E-state index in [1.165, 1.54) is 24.7 Å². The van der Waals surface area contributed by atoms with Crippen LogP contribution in [0.15, 0.2) is 47.3 Å². The number of halogens is 1. The molecule has 1 saturated heterocycles. The molecule has 2 amide bonds. The largest absolute Gasteiger partial charge is 0.472 e. The van der Waals surface area contributed by atoms with Gasteiger partial charge in [0.2, 0.25) is 5.91 Å². The van der Waals surface area contributed by atoms with Crippen LogP contribution in [0.5, 0.6) is 0 Å². The van der Waals surface area contributed by atoms with E-state index in [1.54, 1.807) is 23.1 Å². The Morgan fingerprint density at radius 1 is 1.22 bits per heavy atom. The number of amides is 2. The standard InChI is InChI=1S/C20H23FN2O4/c21-17-5-3-15(4-6-17)12-22-19(24)7-9-23(13-18-2-1-10-27-18)20(25)16-8-11-26-14-16/h3-6,8,11,14,18H,1-2,7,9-10,12-13H2,(H,22,24)/t18-/m1/s1. The van der Waals surface area contributed by atoms with Crippen molar-refractivity contribution in [2.75, 3.05) is 19.7 Å². The Labute approximate surface area is 157 Å². The van der Waals surface area contributed by atoms with Crippen LogP contribution in [0.3, 0.4) is 0 Å². The highest BCUT2D eigenvalue weighted by Gasteiger charge is 2.24. The van der Waals surface area contributed by atoms with E-state index >= 15 is 0 Å². The lowest BCUT2D eigenvalue weighted by molar-refractivity contribution is -0.121. The fraction of sp³-hybridized carbons (Fsp3) is 0.400. The Bertz CT molecular complexity index is 740. The molecule has 2 aromatic rings. The highest BCUT2D eigenvalue weighted by Crippen LogP contribution is 2.15. The number of furan rings is 1. The molecule has 1 aliphatic heterocycles. The fourth-order valence-corrected chi connectivity index (χ4v) is 3.01. The molecule has 1 atom stereocenters. The van der Waals surface area contributed by atoms with Gasteiger partial charge in [-0.05, 0) is 36.6 Å². The predicted molar refractivity (Wildman–Crippen MR) is 96.4 cm³/mol. The Kier molecular flexibility index (Phi) is 6.59. The molecular formula is C20H23FN2O4. The lowest BCUT2D eigenvalue weighted by Crippen LogP contribution is -2.39. The minimum atomic E-state index is -0.312. The van der Waals surface area contributed by atoms with Gasteiger partial charge in [0.15, 0.2) is 0 Å². The molecule has 3 rings (SSSR count). The predicted octanol–water partition coefficient (Wildman–Crippen LogP) is 2.75. The third-order valence-electron chi connectivity index (χ3n) is 4.52. The lowest BCUT2D eigenvalue weighted by Gasteiger charge is -2.25.